The van der Waals surface area contributed by atoms with Crippen molar-refractivity contribution in [1.82, 2.24) is 5.32 Å². The second-order valence-corrected chi connectivity index (χ2v) is 13.7. The van der Waals surface area contributed by atoms with Gasteiger partial charge < -0.3 is 15.5 Å². The molecule has 0 aromatic rings. The van der Waals surface area contributed by atoms with Crippen LogP contribution in [0.25, 0.3) is 0 Å². The van der Waals surface area contributed by atoms with E-state index in [2.05, 4.69) is 116 Å². The fourth-order valence-corrected chi connectivity index (χ4v) is 5.52. The molecule has 2 atom stereocenters. The van der Waals surface area contributed by atoms with E-state index in [1.807, 2.05) is 6.08 Å². The first-order valence-corrected chi connectivity index (χ1v) is 21.1. The van der Waals surface area contributed by atoms with Crippen LogP contribution in [-0.2, 0) is 4.79 Å². The Bertz CT molecular complexity index is 1040. The summed E-state index contributed by atoms with van der Waals surface area (Å²) < 4.78 is 0. The maximum atomic E-state index is 12.4. The van der Waals surface area contributed by atoms with E-state index < -0.39 is 12.1 Å². The average molecular weight is 718 g/mol. The highest BCUT2D eigenvalue weighted by Crippen LogP contribution is 2.10. The van der Waals surface area contributed by atoms with Crippen molar-refractivity contribution >= 4 is 5.91 Å². The quantitative estimate of drug-likeness (QED) is 0.0446. The number of carbonyl (C=O) groups is 1. The number of aliphatic hydroxyl groups is 2. The molecule has 294 valence electrons. The van der Waals surface area contributed by atoms with Gasteiger partial charge in [-0.05, 0) is 89.9 Å². The molecule has 4 heteroatoms. The first kappa shape index (κ1) is 49.0. The third-order valence-electron chi connectivity index (χ3n) is 8.74. The van der Waals surface area contributed by atoms with Gasteiger partial charge in [-0.3, -0.25) is 4.79 Å². The lowest BCUT2D eigenvalue weighted by molar-refractivity contribution is -0.123. The van der Waals surface area contributed by atoms with Crippen LogP contribution >= 0.6 is 0 Å². The van der Waals surface area contributed by atoms with Gasteiger partial charge in [-0.1, -0.05) is 181 Å². The normalized spacial score (nSPS) is 14.2. The Balaban J connectivity index is 3.74. The van der Waals surface area contributed by atoms with Gasteiger partial charge in [0.1, 0.15) is 0 Å². The van der Waals surface area contributed by atoms with E-state index in [1.54, 1.807) is 6.08 Å². The van der Waals surface area contributed by atoms with Crippen LogP contribution in [-0.4, -0.2) is 34.9 Å². The Morgan fingerprint density at radius 3 is 1.35 bits per heavy atom. The van der Waals surface area contributed by atoms with E-state index in [-0.39, 0.29) is 12.5 Å². The standard InChI is InChI=1S/C48H79NO3/c1-3-5-7-9-11-13-15-17-18-19-20-21-22-23-24-25-26-27-28-29-30-32-34-36-38-40-42-44-48(52)49-46(45-50)47(51)43-41-39-37-35-33-31-16-14-12-10-8-6-4-2/h5,7,11,13,17-18,20-21,23-24,26-27,29-30,33,35,41,43,46-47,50-51H,3-4,6,8-10,12,14-16,19,22,25,28,31-32,34,36-40,42,44-45H2,1-2H3,(H,49,52)/b7-5-,13-11-,18-17-,21-20-,24-23-,27-26-,30-29-,35-33+,43-41+. The molecule has 0 aliphatic heterocycles. The highest BCUT2D eigenvalue weighted by atomic mass is 16.3. The maximum absolute atomic E-state index is 12.4. The summed E-state index contributed by atoms with van der Waals surface area (Å²) in [7, 11) is 0. The summed E-state index contributed by atoms with van der Waals surface area (Å²) >= 11 is 0. The zero-order chi connectivity index (χ0) is 37.8. The van der Waals surface area contributed by atoms with Crippen LogP contribution in [0.15, 0.2) is 109 Å². The molecule has 0 aliphatic rings. The van der Waals surface area contributed by atoms with Gasteiger partial charge in [0.15, 0.2) is 0 Å². The van der Waals surface area contributed by atoms with Crippen molar-refractivity contribution in [2.45, 2.75) is 180 Å². The van der Waals surface area contributed by atoms with E-state index in [0.29, 0.717) is 6.42 Å². The van der Waals surface area contributed by atoms with Gasteiger partial charge in [0.2, 0.25) is 5.91 Å². The van der Waals surface area contributed by atoms with Gasteiger partial charge in [-0.2, -0.15) is 0 Å². The Hall–Kier alpha value is -2.95. The minimum atomic E-state index is -0.877. The summed E-state index contributed by atoms with van der Waals surface area (Å²) in [5.41, 5.74) is 0. The molecule has 0 saturated carbocycles. The lowest BCUT2D eigenvalue weighted by Crippen LogP contribution is -2.45. The average Bonchev–Trinajstić information content (AvgIpc) is 3.15. The number of aliphatic hydroxyl groups excluding tert-OH is 2. The predicted octanol–water partition coefficient (Wildman–Crippen LogP) is 13.2. The van der Waals surface area contributed by atoms with Crippen LogP contribution in [0.1, 0.15) is 168 Å². The third-order valence-corrected chi connectivity index (χ3v) is 8.74. The number of unbranched alkanes of at least 4 members (excludes halogenated alkanes) is 13. The van der Waals surface area contributed by atoms with Crippen molar-refractivity contribution in [1.29, 1.82) is 0 Å². The monoisotopic (exact) mass is 718 g/mol. The van der Waals surface area contributed by atoms with E-state index in [0.717, 1.165) is 89.9 Å². The van der Waals surface area contributed by atoms with Crippen LogP contribution in [0.4, 0.5) is 0 Å². The molecule has 0 fully saturated rings. The molecule has 4 nitrogen and oxygen atoms in total. The molecule has 0 aromatic heterocycles. The molecule has 0 saturated heterocycles. The molecule has 1 amide bonds. The van der Waals surface area contributed by atoms with Crippen molar-refractivity contribution < 1.29 is 15.0 Å². The predicted molar refractivity (Wildman–Crippen MR) is 229 cm³/mol. The number of nitrogens with one attached hydrogen (secondary N) is 1. The number of hydrogen-bond donors (Lipinski definition) is 3. The molecule has 0 aromatic carbocycles. The van der Waals surface area contributed by atoms with Gasteiger partial charge >= 0.3 is 0 Å². The molecule has 0 heterocycles. The van der Waals surface area contributed by atoms with Crippen molar-refractivity contribution in [3.8, 4) is 0 Å². The van der Waals surface area contributed by atoms with Gasteiger partial charge in [-0.15, -0.1) is 0 Å². The lowest BCUT2D eigenvalue weighted by Gasteiger charge is -2.19. The number of amides is 1. The summed E-state index contributed by atoms with van der Waals surface area (Å²) in [4.78, 5) is 12.4. The van der Waals surface area contributed by atoms with Gasteiger partial charge in [0.05, 0.1) is 18.8 Å². The molecule has 0 rings (SSSR count). The summed E-state index contributed by atoms with van der Waals surface area (Å²) in [6.45, 7) is 4.14. The lowest BCUT2D eigenvalue weighted by atomic mass is 10.1. The smallest absolute Gasteiger partial charge is 0.220 e. The summed E-state index contributed by atoms with van der Waals surface area (Å²) in [5, 5.41) is 22.9. The third kappa shape index (κ3) is 38.3. The summed E-state index contributed by atoms with van der Waals surface area (Å²) in [6, 6.07) is -0.656. The molecule has 52 heavy (non-hydrogen) atoms. The van der Waals surface area contributed by atoms with Gasteiger partial charge in [0, 0.05) is 6.42 Å². The van der Waals surface area contributed by atoms with E-state index in [1.165, 1.54) is 57.8 Å². The van der Waals surface area contributed by atoms with Crippen LogP contribution in [0, 0.1) is 0 Å². The zero-order valence-corrected chi connectivity index (χ0v) is 33.5. The first-order chi connectivity index (χ1) is 25.7. The van der Waals surface area contributed by atoms with E-state index in [4.69, 9.17) is 0 Å². The fourth-order valence-electron chi connectivity index (χ4n) is 5.52. The van der Waals surface area contributed by atoms with Crippen molar-refractivity contribution in [2.75, 3.05) is 6.61 Å². The molecule has 3 N–H and O–H groups in total. The van der Waals surface area contributed by atoms with Crippen LogP contribution in [0.5, 0.6) is 0 Å². The zero-order valence-electron chi connectivity index (χ0n) is 33.5. The highest BCUT2D eigenvalue weighted by molar-refractivity contribution is 5.76. The van der Waals surface area contributed by atoms with Crippen molar-refractivity contribution in [2.24, 2.45) is 0 Å². The van der Waals surface area contributed by atoms with Crippen LogP contribution in [0.2, 0.25) is 0 Å². The number of allylic oxidation sites excluding steroid dienone is 17. The van der Waals surface area contributed by atoms with Crippen LogP contribution in [0.3, 0.4) is 0 Å². The van der Waals surface area contributed by atoms with Gasteiger partial charge in [-0.25, -0.2) is 0 Å². The van der Waals surface area contributed by atoms with Crippen LogP contribution < -0.4 is 5.32 Å². The first-order valence-electron chi connectivity index (χ1n) is 21.1. The highest BCUT2D eigenvalue weighted by Gasteiger charge is 2.17. The summed E-state index contributed by atoms with van der Waals surface area (Å²) in [5.74, 6) is -0.0999. The molecular weight excluding hydrogens is 639 g/mol. The Labute approximate surface area is 321 Å². The van der Waals surface area contributed by atoms with E-state index in [9.17, 15) is 15.0 Å². The molecule has 0 radical (unpaired) electrons. The number of hydrogen-bond acceptors (Lipinski definition) is 3. The Kier molecular flexibility index (Phi) is 40.1. The summed E-state index contributed by atoms with van der Waals surface area (Å²) in [6.07, 6.45) is 64.7. The Morgan fingerprint density at radius 2 is 0.865 bits per heavy atom. The minimum absolute atomic E-state index is 0.0999. The molecule has 0 bridgehead atoms. The number of carbonyl (C=O) groups excluding carboxylic acids is 1. The second-order valence-electron chi connectivity index (χ2n) is 13.7. The van der Waals surface area contributed by atoms with E-state index >= 15 is 0 Å². The van der Waals surface area contributed by atoms with Crippen molar-refractivity contribution in [3.05, 3.63) is 109 Å². The molecular formula is C48H79NO3. The maximum Gasteiger partial charge on any atom is 0.220 e. The van der Waals surface area contributed by atoms with Gasteiger partial charge in [0.25, 0.3) is 0 Å². The number of rotatable bonds is 36. The topological polar surface area (TPSA) is 69.6 Å². The SMILES string of the molecule is CC/C=C\C/C=C\C/C=C\C/C=C\C/C=C\C/C=C\C/C=C\CCCCCCCC(=O)NC(CO)C(O)/C=C/CC/C=C/CCCCCCCCC. The second kappa shape index (κ2) is 42.5. The van der Waals surface area contributed by atoms with Crippen molar-refractivity contribution in [3.63, 3.8) is 0 Å². The molecule has 2 unspecified atom stereocenters. The fraction of sp³-hybridized carbons (Fsp3) is 0.604. The molecule has 0 spiro atoms. The molecule has 0 aliphatic carbocycles. The minimum Gasteiger partial charge on any atom is -0.394 e. The largest absolute Gasteiger partial charge is 0.394 e. The Morgan fingerprint density at radius 1 is 0.481 bits per heavy atom.